The number of carbonyl (C=O) groups excluding carboxylic acids is 1. The first-order chi connectivity index (χ1) is 12.3. The number of hydrogen-bond acceptors (Lipinski definition) is 5. The number of carbonyl (C=O) groups is 1. The van der Waals surface area contributed by atoms with Gasteiger partial charge in [-0.2, -0.15) is 4.31 Å². The maximum Gasteiger partial charge on any atom is 0.225 e. The highest BCUT2D eigenvalue weighted by atomic mass is 32.2. The summed E-state index contributed by atoms with van der Waals surface area (Å²) in [6.07, 6.45) is 2.91. The molecule has 26 heavy (non-hydrogen) atoms. The molecule has 0 bridgehead atoms. The Labute approximate surface area is 155 Å². The number of hydrogen-bond donors (Lipinski definition) is 1. The van der Waals surface area contributed by atoms with Crippen LogP contribution in [0.2, 0.25) is 0 Å². The zero-order valence-electron chi connectivity index (χ0n) is 15.6. The van der Waals surface area contributed by atoms with E-state index in [9.17, 15) is 13.2 Å². The lowest BCUT2D eigenvalue weighted by molar-refractivity contribution is -0.116. The second-order valence-electron chi connectivity index (χ2n) is 6.72. The highest BCUT2D eigenvalue weighted by Crippen LogP contribution is 2.25. The molecule has 1 aliphatic heterocycles. The number of nitrogens with one attached hydrogen (secondary N) is 1. The van der Waals surface area contributed by atoms with Crippen LogP contribution in [-0.4, -0.2) is 56.8 Å². The van der Waals surface area contributed by atoms with E-state index in [0.717, 1.165) is 19.1 Å². The summed E-state index contributed by atoms with van der Waals surface area (Å²) in [5, 5.41) is 2.80. The van der Waals surface area contributed by atoms with Crippen LogP contribution in [0.3, 0.4) is 0 Å². The van der Waals surface area contributed by atoms with Crippen molar-refractivity contribution in [1.29, 1.82) is 0 Å². The summed E-state index contributed by atoms with van der Waals surface area (Å²) < 4.78 is 36.5. The quantitative estimate of drug-likeness (QED) is 0.706. The summed E-state index contributed by atoms with van der Waals surface area (Å²) in [5.74, 6) is 0.334. The molecule has 146 valence electrons. The topological polar surface area (TPSA) is 84.9 Å². The Hall–Kier alpha value is -1.64. The highest BCUT2D eigenvalue weighted by Gasteiger charge is 2.25. The van der Waals surface area contributed by atoms with Crippen molar-refractivity contribution in [2.75, 3.05) is 31.3 Å². The fourth-order valence-electron chi connectivity index (χ4n) is 2.77. The van der Waals surface area contributed by atoms with Gasteiger partial charge in [-0.05, 0) is 38.8 Å². The van der Waals surface area contributed by atoms with Crippen LogP contribution in [0.1, 0.15) is 33.1 Å². The van der Waals surface area contributed by atoms with Crippen molar-refractivity contribution in [3.05, 3.63) is 24.3 Å². The largest absolute Gasteiger partial charge is 0.489 e. The van der Waals surface area contributed by atoms with E-state index in [1.807, 2.05) is 26.0 Å². The SMILES string of the molecule is CC(C)Oc1ccccc1NC(=O)CCN(CC1CCCO1)S(C)(=O)=O. The Kier molecular flexibility index (Phi) is 7.43. The van der Waals surface area contributed by atoms with E-state index in [2.05, 4.69) is 5.32 Å². The van der Waals surface area contributed by atoms with Crippen LogP contribution in [0.4, 0.5) is 5.69 Å². The second-order valence-corrected chi connectivity index (χ2v) is 8.70. The Bertz CT molecular complexity index is 699. The van der Waals surface area contributed by atoms with Crippen molar-refractivity contribution in [1.82, 2.24) is 4.31 Å². The van der Waals surface area contributed by atoms with Gasteiger partial charge in [0.05, 0.1) is 24.2 Å². The molecule has 1 fully saturated rings. The van der Waals surface area contributed by atoms with Gasteiger partial charge in [0.2, 0.25) is 15.9 Å². The Morgan fingerprint density at radius 1 is 1.38 bits per heavy atom. The summed E-state index contributed by atoms with van der Waals surface area (Å²) >= 11 is 0. The molecule has 1 atom stereocenters. The highest BCUT2D eigenvalue weighted by molar-refractivity contribution is 7.88. The van der Waals surface area contributed by atoms with Crippen LogP contribution in [0.15, 0.2) is 24.3 Å². The van der Waals surface area contributed by atoms with Gasteiger partial charge in [0.1, 0.15) is 5.75 Å². The van der Waals surface area contributed by atoms with Gasteiger partial charge in [-0.25, -0.2) is 8.42 Å². The monoisotopic (exact) mass is 384 g/mol. The number of para-hydroxylation sites is 2. The molecule has 0 saturated carbocycles. The summed E-state index contributed by atoms with van der Waals surface area (Å²) in [6.45, 7) is 4.90. The van der Waals surface area contributed by atoms with E-state index >= 15 is 0 Å². The maximum atomic E-state index is 12.3. The molecule has 0 radical (unpaired) electrons. The van der Waals surface area contributed by atoms with Gasteiger partial charge in [0.15, 0.2) is 0 Å². The number of rotatable bonds is 9. The molecular formula is C18H28N2O5S. The predicted octanol–water partition coefficient (Wildman–Crippen LogP) is 2.24. The first-order valence-corrected chi connectivity index (χ1v) is 10.7. The van der Waals surface area contributed by atoms with Crippen molar-refractivity contribution in [2.24, 2.45) is 0 Å². The minimum Gasteiger partial charge on any atom is -0.489 e. The van der Waals surface area contributed by atoms with Gasteiger partial charge >= 0.3 is 0 Å². The van der Waals surface area contributed by atoms with Crippen LogP contribution >= 0.6 is 0 Å². The molecule has 0 aliphatic carbocycles. The molecule has 7 nitrogen and oxygen atoms in total. The van der Waals surface area contributed by atoms with E-state index in [4.69, 9.17) is 9.47 Å². The first kappa shape index (κ1) is 20.7. The Morgan fingerprint density at radius 2 is 2.12 bits per heavy atom. The van der Waals surface area contributed by atoms with Crippen LogP contribution in [0, 0.1) is 0 Å². The molecule has 1 amide bonds. The average molecular weight is 384 g/mol. The van der Waals surface area contributed by atoms with E-state index in [0.29, 0.717) is 24.6 Å². The second kappa shape index (κ2) is 9.34. The zero-order valence-corrected chi connectivity index (χ0v) is 16.4. The molecule has 2 rings (SSSR count). The molecule has 0 spiro atoms. The normalized spacial score (nSPS) is 17.7. The van der Waals surface area contributed by atoms with Crippen LogP contribution in [-0.2, 0) is 19.6 Å². The predicted molar refractivity (Wildman–Crippen MR) is 101 cm³/mol. The smallest absolute Gasteiger partial charge is 0.225 e. The van der Waals surface area contributed by atoms with Gasteiger partial charge in [0.25, 0.3) is 0 Å². The van der Waals surface area contributed by atoms with Crippen LogP contribution in [0.25, 0.3) is 0 Å². The summed E-state index contributed by atoms with van der Waals surface area (Å²) in [5.41, 5.74) is 0.580. The van der Waals surface area contributed by atoms with Crippen molar-refractivity contribution in [2.45, 2.75) is 45.3 Å². The lowest BCUT2D eigenvalue weighted by atomic mass is 10.2. The standard InChI is InChI=1S/C18H28N2O5S/c1-14(2)25-17-9-5-4-8-16(17)19-18(21)10-11-20(26(3,22)23)13-15-7-6-12-24-15/h4-5,8-9,14-15H,6-7,10-13H2,1-3H3,(H,19,21). The molecule has 1 aliphatic rings. The molecule has 1 aromatic rings. The number of nitrogens with zero attached hydrogens (tertiary/aromatic N) is 1. The number of ether oxygens (including phenoxy) is 2. The minimum atomic E-state index is -3.40. The molecule has 0 aromatic heterocycles. The van der Waals surface area contributed by atoms with E-state index in [1.54, 1.807) is 12.1 Å². The van der Waals surface area contributed by atoms with Gasteiger partial charge in [-0.15, -0.1) is 0 Å². The molecule has 8 heteroatoms. The van der Waals surface area contributed by atoms with Gasteiger partial charge in [-0.3, -0.25) is 4.79 Å². The lowest BCUT2D eigenvalue weighted by Crippen LogP contribution is -2.38. The molecule has 1 N–H and O–H groups in total. The number of amides is 1. The lowest BCUT2D eigenvalue weighted by Gasteiger charge is -2.23. The third-order valence-corrected chi connectivity index (χ3v) is 5.28. The van der Waals surface area contributed by atoms with Crippen molar-refractivity contribution >= 4 is 21.6 Å². The summed E-state index contributed by atoms with van der Waals surface area (Å²) in [6, 6.07) is 7.19. The number of benzene rings is 1. The third-order valence-electron chi connectivity index (χ3n) is 4.01. The Morgan fingerprint density at radius 3 is 2.73 bits per heavy atom. The number of anilines is 1. The fourth-order valence-corrected chi connectivity index (χ4v) is 3.63. The minimum absolute atomic E-state index is 0.0137. The van der Waals surface area contributed by atoms with Gasteiger partial charge < -0.3 is 14.8 Å². The van der Waals surface area contributed by atoms with E-state index in [1.165, 1.54) is 4.31 Å². The summed E-state index contributed by atoms with van der Waals surface area (Å²) in [4.78, 5) is 12.3. The van der Waals surface area contributed by atoms with Crippen molar-refractivity contribution < 1.29 is 22.7 Å². The maximum absolute atomic E-state index is 12.3. The average Bonchev–Trinajstić information content (AvgIpc) is 3.05. The van der Waals surface area contributed by atoms with Crippen LogP contribution < -0.4 is 10.1 Å². The van der Waals surface area contributed by atoms with E-state index in [-0.39, 0.29) is 31.1 Å². The van der Waals surface area contributed by atoms with Crippen molar-refractivity contribution in [3.8, 4) is 5.75 Å². The third kappa shape index (κ3) is 6.59. The molecule has 1 saturated heterocycles. The van der Waals surface area contributed by atoms with E-state index < -0.39 is 10.0 Å². The van der Waals surface area contributed by atoms with Gasteiger partial charge in [-0.1, -0.05) is 12.1 Å². The summed E-state index contributed by atoms with van der Waals surface area (Å²) in [7, 11) is -3.40. The number of sulfonamides is 1. The fraction of sp³-hybridized carbons (Fsp3) is 0.611. The van der Waals surface area contributed by atoms with Gasteiger partial charge in [0, 0.05) is 26.1 Å². The zero-order chi connectivity index (χ0) is 19.2. The molecule has 1 aromatic carbocycles. The first-order valence-electron chi connectivity index (χ1n) is 8.88. The molecule has 1 heterocycles. The Balaban J connectivity index is 1.93. The molecular weight excluding hydrogens is 356 g/mol. The van der Waals surface area contributed by atoms with Crippen LogP contribution in [0.5, 0.6) is 5.75 Å². The molecule has 1 unspecified atom stereocenters. The van der Waals surface area contributed by atoms with Crippen molar-refractivity contribution in [3.63, 3.8) is 0 Å².